The molecule has 0 heterocycles. The van der Waals surface area contributed by atoms with Crippen LogP contribution in [0.25, 0.3) is 0 Å². The molecule has 0 saturated heterocycles. The molecule has 0 radical (unpaired) electrons. The summed E-state index contributed by atoms with van der Waals surface area (Å²) in [6, 6.07) is -0.836. The Balaban J connectivity index is 4.19. The second-order valence-corrected chi connectivity index (χ2v) is 5.44. The van der Waals surface area contributed by atoms with Gasteiger partial charge in [-0.25, -0.2) is 0 Å². The van der Waals surface area contributed by atoms with E-state index in [1.165, 1.54) is 0 Å². The van der Waals surface area contributed by atoms with Crippen molar-refractivity contribution < 1.29 is 9.90 Å². The molecule has 3 nitrogen and oxygen atoms in total. The van der Waals surface area contributed by atoms with Crippen LogP contribution in [0.15, 0.2) is 12.2 Å². The minimum atomic E-state index is -0.954. The summed E-state index contributed by atoms with van der Waals surface area (Å²) in [7, 11) is 0. The number of aliphatic carboxylic acids is 1. The lowest BCUT2D eigenvalue weighted by Crippen LogP contribution is -2.46. The van der Waals surface area contributed by atoms with Gasteiger partial charge in [-0.05, 0) is 20.3 Å². The van der Waals surface area contributed by atoms with Crippen molar-refractivity contribution in [3.63, 3.8) is 0 Å². The molecule has 0 aliphatic heterocycles. The number of carbonyl (C=O) groups is 1. The predicted molar refractivity (Wildman–Crippen MR) is 61.6 cm³/mol. The Morgan fingerprint density at radius 2 is 2.14 bits per heavy atom. The topological polar surface area (TPSA) is 63.3 Å². The van der Waals surface area contributed by atoms with Gasteiger partial charge >= 0.3 is 5.97 Å². The summed E-state index contributed by atoms with van der Waals surface area (Å²) in [5, 5.41) is 8.78. The first kappa shape index (κ1) is 13.5. The van der Waals surface area contributed by atoms with Crippen LogP contribution in [-0.2, 0) is 4.79 Å². The highest BCUT2D eigenvalue weighted by atomic mass is 32.2. The maximum atomic E-state index is 10.7. The second-order valence-electron chi connectivity index (χ2n) is 3.81. The highest BCUT2D eigenvalue weighted by Crippen LogP contribution is 2.29. The Labute approximate surface area is 89.8 Å². The van der Waals surface area contributed by atoms with Gasteiger partial charge in [-0.3, -0.25) is 4.79 Å². The van der Waals surface area contributed by atoms with Crippen molar-refractivity contribution in [1.29, 1.82) is 0 Å². The SMILES string of the molecule is C=C(CC)CSC(C)(C)[C@H](N)C(=O)O. The number of carboxylic acids is 1. The fourth-order valence-corrected chi connectivity index (χ4v) is 1.84. The summed E-state index contributed by atoms with van der Waals surface area (Å²) in [5.41, 5.74) is 6.68. The molecule has 0 aliphatic rings. The standard InChI is InChI=1S/C10H19NO2S/c1-5-7(2)6-14-10(3,4)8(11)9(12)13/h8H,2,5-6,11H2,1,3-4H3,(H,12,13)/t8-/m1/s1. The Kier molecular flexibility index (Phi) is 5.23. The normalized spacial score (nSPS) is 13.7. The second kappa shape index (κ2) is 5.41. The number of hydrogen-bond donors (Lipinski definition) is 2. The summed E-state index contributed by atoms with van der Waals surface area (Å²) in [4.78, 5) is 10.7. The van der Waals surface area contributed by atoms with E-state index in [1.807, 2.05) is 20.8 Å². The van der Waals surface area contributed by atoms with E-state index in [-0.39, 0.29) is 0 Å². The van der Waals surface area contributed by atoms with Crippen molar-refractivity contribution in [3.8, 4) is 0 Å². The van der Waals surface area contributed by atoms with Gasteiger partial charge in [-0.1, -0.05) is 19.1 Å². The molecule has 0 aromatic rings. The fourth-order valence-electron chi connectivity index (χ4n) is 0.777. The number of thioether (sulfide) groups is 1. The van der Waals surface area contributed by atoms with Gasteiger partial charge in [0, 0.05) is 10.5 Å². The van der Waals surface area contributed by atoms with Crippen molar-refractivity contribution in [2.45, 2.75) is 38.0 Å². The van der Waals surface area contributed by atoms with Gasteiger partial charge in [-0.15, -0.1) is 11.8 Å². The summed E-state index contributed by atoms with van der Waals surface area (Å²) in [6.07, 6.45) is 0.922. The van der Waals surface area contributed by atoms with Crippen molar-refractivity contribution in [1.82, 2.24) is 0 Å². The van der Waals surface area contributed by atoms with Crippen LogP contribution in [-0.4, -0.2) is 27.6 Å². The van der Waals surface area contributed by atoms with E-state index < -0.39 is 16.8 Å². The molecule has 0 aliphatic carbocycles. The lowest BCUT2D eigenvalue weighted by molar-refractivity contribution is -0.139. The van der Waals surface area contributed by atoms with E-state index in [4.69, 9.17) is 10.8 Å². The van der Waals surface area contributed by atoms with Crippen molar-refractivity contribution in [2.75, 3.05) is 5.75 Å². The molecule has 82 valence electrons. The summed E-state index contributed by atoms with van der Waals surface area (Å²) in [6.45, 7) is 9.60. The zero-order chi connectivity index (χ0) is 11.4. The van der Waals surface area contributed by atoms with E-state index in [0.717, 1.165) is 17.7 Å². The fraction of sp³-hybridized carbons (Fsp3) is 0.700. The monoisotopic (exact) mass is 217 g/mol. The number of nitrogens with two attached hydrogens (primary N) is 1. The molecular formula is C10H19NO2S. The van der Waals surface area contributed by atoms with Gasteiger partial charge in [0.2, 0.25) is 0 Å². The maximum Gasteiger partial charge on any atom is 0.321 e. The predicted octanol–water partition coefficient (Wildman–Crippen LogP) is 1.88. The molecule has 0 rings (SSSR count). The maximum absolute atomic E-state index is 10.7. The molecule has 0 fully saturated rings. The van der Waals surface area contributed by atoms with Crippen LogP contribution in [0.4, 0.5) is 0 Å². The largest absolute Gasteiger partial charge is 0.480 e. The van der Waals surface area contributed by atoms with Crippen molar-refractivity contribution in [3.05, 3.63) is 12.2 Å². The molecule has 0 amide bonds. The molecule has 1 atom stereocenters. The molecule has 0 unspecified atom stereocenters. The van der Waals surface area contributed by atoms with Crippen LogP contribution < -0.4 is 5.73 Å². The average molecular weight is 217 g/mol. The Morgan fingerprint density at radius 3 is 2.50 bits per heavy atom. The first-order valence-corrected chi connectivity index (χ1v) is 5.58. The molecule has 14 heavy (non-hydrogen) atoms. The average Bonchev–Trinajstić information content (AvgIpc) is 2.12. The Hall–Kier alpha value is -0.480. The van der Waals surface area contributed by atoms with E-state index in [1.54, 1.807) is 11.8 Å². The molecule has 0 aromatic heterocycles. The van der Waals surface area contributed by atoms with E-state index in [0.29, 0.717) is 0 Å². The van der Waals surface area contributed by atoms with Crippen molar-refractivity contribution in [2.24, 2.45) is 5.73 Å². The highest BCUT2D eigenvalue weighted by molar-refractivity contribution is 8.00. The summed E-state index contributed by atoms with van der Waals surface area (Å²) >= 11 is 1.54. The van der Waals surface area contributed by atoms with Gasteiger partial charge in [0.1, 0.15) is 6.04 Å². The first-order valence-electron chi connectivity index (χ1n) is 4.60. The Bertz CT molecular complexity index is 226. The minimum Gasteiger partial charge on any atom is -0.480 e. The molecule has 0 aromatic carbocycles. The minimum absolute atomic E-state index is 0.454. The quantitative estimate of drug-likeness (QED) is 0.667. The lowest BCUT2D eigenvalue weighted by atomic mass is 10.1. The van der Waals surface area contributed by atoms with Crippen LogP contribution >= 0.6 is 11.8 Å². The van der Waals surface area contributed by atoms with Crippen LogP contribution in [0.1, 0.15) is 27.2 Å². The number of rotatable bonds is 6. The van der Waals surface area contributed by atoms with Gasteiger partial charge in [-0.2, -0.15) is 0 Å². The third-order valence-electron chi connectivity index (χ3n) is 2.16. The molecule has 4 heteroatoms. The van der Waals surface area contributed by atoms with Gasteiger partial charge in [0.15, 0.2) is 0 Å². The zero-order valence-electron chi connectivity index (χ0n) is 9.04. The van der Waals surface area contributed by atoms with Gasteiger partial charge in [0.25, 0.3) is 0 Å². The highest BCUT2D eigenvalue weighted by Gasteiger charge is 2.32. The third-order valence-corrected chi connectivity index (χ3v) is 3.71. The number of hydrogen-bond acceptors (Lipinski definition) is 3. The van der Waals surface area contributed by atoms with E-state index in [9.17, 15) is 4.79 Å². The van der Waals surface area contributed by atoms with E-state index >= 15 is 0 Å². The number of carboxylic acid groups (broad SMARTS) is 1. The third kappa shape index (κ3) is 4.15. The first-order chi connectivity index (χ1) is 6.31. The smallest absolute Gasteiger partial charge is 0.321 e. The van der Waals surface area contributed by atoms with Crippen molar-refractivity contribution >= 4 is 17.7 Å². The molecule has 3 N–H and O–H groups in total. The van der Waals surface area contributed by atoms with Crippen LogP contribution in [0.2, 0.25) is 0 Å². The van der Waals surface area contributed by atoms with Crippen LogP contribution in [0, 0.1) is 0 Å². The molecule has 0 saturated carbocycles. The lowest BCUT2D eigenvalue weighted by Gasteiger charge is -2.28. The molecular weight excluding hydrogens is 198 g/mol. The molecule has 0 spiro atoms. The molecule has 0 bridgehead atoms. The zero-order valence-corrected chi connectivity index (χ0v) is 9.86. The van der Waals surface area contributed by atoms with Crippen LogP contribution in [0.3, 0.4) is 0 Å². The van der Waals surface area contributed by atoms with E-state index in [2.05, 4.69) is 6.58 Å². The Morgan fingerprint density at radius 1 is 1.64 bits per heavy atom. The van der Waals surface area contributed by atoms with Crippen LogP contribution in [0.5, 0.6) is 0 Å². The van der Waals surface area contributed by atoms with Gasteiger partial charge in [0.05, 0.1) is 0 Å². The van der Waals surface area contributed by atoms with Gasteiger partial charge < -0.3 is 10.8 Å². The summed E-state index contributed by atoms with van der Waals surface area (Å²) < 4.78 is -0.454. The summed E-state index contributed by atoms with van der Waals surface area (Å²) in [5.74, 6) is -0.186.